The number of amides is 1. The van der Waals surface area contributed by atoms with E-state index in [0.29, 0.717) is 31.8 Å². The topological polar surface area (TPSA) is 82.8 Å². The lowest BCUT2D eigenvalue weighted by molar-refractivity contribution is -0.120. The standard InChI is InChI=1S/C11H14N2O4/c14-10-1-3-13(4-2-12-10)6-9-5-8(7-17-9)11(15)16/h5,7H,1-4,6H2,(H,12,14)(H,15,16). The summed E-state index contributed by atoms with van der Waals surface area (Å²) >= 11 is 0. The van der Waals surface area contributed by atoms with E-state index >= 15 is 0 Å². The first-order valence-electron chi connectivity index (χ1n) is 5.45. The number of carbonyl (C=O) groups is 2. The molecule has 2 heterocycles. The number of aromatic carboxylic acids is 1. The Morgan fingerprint density at radius 2 is 2.35 bits per heavy atom. The van der Waals surface area contributed by atoms with E-state index < -0.39 is 5.97 Å². The van der Waals surface area contributed by atoms with Crippen molar-refractivity contribution in [3.63, 3.8) is 0 Å². The summed E-state index contributed by atoms with van der Waals surface area (Å²) in [6.45, 7) is 2.55. The molecule has 1 fully saturated rings. The smallest absolute Gasteiger partial charge is 0.338 e. The second-order valence-corrected chi connectivity index (χ2v) is 3.98. The van der Waals surface area contributed by atoms with Crippen LogP contribution < -0.4 is 5.32 Å². The summed E-state index contributed by atoms with van der Waals surface area (Å²) in [5.74, 6) is -0.331. The Morgan fingerprint density at radius 1 is 1.53 bits per heavy atom. The van der Waals surface area contributed by atoms with Gasteiger partial charge in [-0.1, -0.05) is 0 Å². The van der Waals surface area contributed by atoms with Crippen LogP contribution >= 0.6 is 0 Å². The summed E-state index contributed by atoms with van der Waals surface area (Å²) in [5.41, 5.74) is 0.157. The molecule has 0 aliphatic carbocycles. The molecule has 0 unspecified atom stereocenters. The molecular weight excluding hydrogens is 224 g/mol. The van der Waals surface area contributed by atoms with Crippen LogP contribution in [0.2, 0.25) is 0 Å². The Hall–Kier alpha value is -1.82. The minimum Gasteiger partial charge on any atom is -0.478 e. The number of rotatable bonds is 3. The maximum Gasteiger partial charge on any atom is 0.338 e. The van der Waals surface area contributed by atoms with Gasteiger partial charge < -0.3 is 14.8 Å². The van der Waals surface area contributed by atoms with Gasteiger partial charge in [0, 0.05) is 26.1 Å². The van der Waals surface area contributed by atoms with Gasteiger partial charge in [-0.3, -0.25) is 9.69 Å². The molecule has 0 atom stereocenters. The highest BCUT2D eigenvalue weighted by atomic mass is 16.4. The van der Waals surface area contributed by atoms with Crippen LogP contribution in [0.3, 0.4) is 0 Å². The van der Waals surface area contributed by atoms with Crippen molar-refractivity contribution in [3.8, 4) is 0 Å². The summed E-state index contributed by atoms with van der Waals surface area (Å²) in [4.78, 5) is 23.9. The Balaban J connectivity index is 1.95. The van der Waals surface area contributed by atoms with Crippen LogP contribution in [0.4, 0.5) is 0 Å². The number of furan rings is 1. The fourth-order valence-corrected chi connectivity index (χ4v) is 1.77. The van der Waals surface area contributed by atoms with Gasteiger partial charge in [0.2, 0.25) is 5.91 Å². The van der Waals surface area contributed by atoms with E-state index in [0.717, 1.165) is 6.54 Å². The molecule has 1 aliphatic rings. The van der Waals surface area contributed by atoms with Gasteiger partial charge in [0.25, 0.3) is 0 Å². The first kappa shape index (κ1) is 11.7. The first-order chi connectivity index (χ1) is 8.15. The van der Waals surface area contributed by atoms with Gasteiger partial charge in [0.05, 0.1) is 12.1 Å². The third kappa shape index (κ3) is 3.07. The molecule has 0 saturated carbocycles. The Labute approximate surface area is 98.2 Å². The second-order valence-electron chi connectivity index (χ2n) is 3.98. The largest absolute Gasteiger partial charge is 0.478 e. The molecule has 1 aromatic heterocycles. The van der Waals surface area contributed by atoms with E-state index in [4.69, 9.17) is 9.52 Å². The molecule has 17 heavy (non-hydrogen) atoms. The fraction of sp³-hybridized carbons (Fsp3) is 0.455. The molecule has 0 spiro atoms. The Bertz CT molecular complexity index is 427. The second kappa shape index (κ2) is 5.01. The zero-order valence-corrected chi connectivity index (χ0v) is 9.31. The van der Waals surface area contributed by atoms with Gasteiger partial charge in [-0.2, -0.15) is 0 Å². The fourth-order valence-electron chi connectivity index (χ4n) is 1.77. The summed E-state index contributed by atoms with van der Waals surface area (Å²) in [6.07, 6.45) is 1.70. The molecule has 0 bridgehead atoms. The third-order valence-corrected chi connectivity index (χ3v) is 2.69. The van der Waals surface area contributed by atoms with Gasteiger partial charge in [-0.05, 0) is 6.07 Å². The molecular formula is C11H14N2O4. The molecule has 92 valence electrons. The summed E-state index contributed by atoms with van der Waals surface area (Å²) in [7, 11) is 0. The summed E-state index contributed by atoms with van der Waals surface area (Å²) in [6, 6.07) is 1.52. The van der Waals surface area contributed by atoms with E-state index in [2.05, 4.69) is 10.2 Å². The first-order valence-corrected chi connectivity index (χ1v) is 5.45. The number of nitrogens with zero attached hydrogens (tertiary/aromatic N) is 1. The SMILES string of the molecule is O=C1CCN(Cc2cc(C(=O)O)co2)CCN1. The van der Waals surface area contributed by atoms with Gasteiger partial charge in [-0.15, -0.1) is 0 Å². The third-order valence-electron chi connectivity index (χ3n) is 2.69. The number of hydrogen-bond donors (Lipinski definition) is 2. The highest BCUT2D eigenvalue weighted by Gasteiger charge is 2.16. The van der Waals surface area contributed by atoms with Gasteiger partial charge in [0.15, 0.2) is 0 Å². The molecule has 0 aromatic carbocycles. The Kier molecular flexibility index (Phi) is 3.43. The molecule has 1 saturated heterocycles. The number of nitrogens with one attached hydrogen (secondary N) is 1. The highest BCUT2D eigenvalue weighted by Crippen LogP contribution is 2.11. The Morgan fingerprint density at radius 3 is 3.06 bits per heavy atom. The predicted octanol–water partition coefficient (Wildman–Crippen LogP) is 0.300. The van der Waals surface area contributed by atoms with Crippen molar-refractivity contribution in [2.45, 2.75) is 13.0 Å². The summed E-state index contributed by atoms with van der Waals surface area (Å²) in [5, 5.41) is 11.5. The van der Waals surface area contributed by atoms with Crippen molar-refractivity contribution in [1.82, 2.24) is 10.2 Å². The molecule has 6 nitrogen and oxygen atoms in total. The zero-order chi connectivity index (χ0) is 12.3. The van der Waals surface area contributed by atoms with Crippen molar-refractivity contribution in [2.24, 2.45) is 0 Å². The maximum absolute atomic E-state index is 11.1. The molecule has 2 rings (SSSR count). The molecule has 1 aromatic rings. The van der Waals surface area contributed by atoms with Crippen LogP contribution in [-0.2, 0) is 11.3 Å². The average molecular weight is 238 g/mol. The van der Waals surface area contributed by atoms with E-state index in [9.17, 15) is 9.59 Å². The van der Waals surface area contributed by atoms with Crippen molar-refractivity contribution in [1.29, 1.82) is 0 Å². The molecule has 6 heteroatoms. The lowest BCUT2D eigenvalue weighted by atomic mass is 10.3. The van der Waals surface area contributed by atoms with Gasteiger partial charge >= 0.3 is 5.97 Å². The molecule has 0 radical (unpaired) electrons. The number of carbonyl (C=O) groups excluding carboxylic acids is 1. The molecule has 1 amide bonds. The van der Waals surface area contributed by atoms with Crippen molar-refractivity contribution >= 4 is 11.9 Å². The normalized spacial score (nSPS) is 17.5. The maximum atomic E-state index is 11.1. The van der Waals surface area contributed by atoms with E-state index in [1.54, 1.807) is 0 Å². The number of hydrogen-bond acceptors (Lipinski definition) is 4. The monoisotopic (exact) mass is 238 g/mol. The van der Waals surface area contributed by atoms with Crippen LogP contribution in [0.5, 0.6) is 0 Å². The highest BCUT2D eigenvalue weighted by molar-refractivity contribution is 5.87. The van der Waals surface area contributed by atoms with E-state index in [1.807, 2.05) is 0 Å². The lowest BCUT2D eigenvalue weighted by Crippen LogP contribution is -2.28. The average Bonchev–Trinajstić information content (AvgIpc) is 2.65. The van der Waals surface area contributed by atoms with Crippen LogP contribution in [0.25, 0.3) is 0 Å². The van der Waals surface area contributed by atoms with Crippen molar-refractivity contribution < 1.29 is 19.1 Å². The van der Waals surface area contributed by atoms with E-state index in [1.165, 1.54) is 12.3 Å². The minimum atomic E-state index is -0.993. The predicted molar refractivity (Wildman–Crippen MR) is 58.6 cm³/mol. The van der Waals surface area contributed by atoms with Crippen LogP contribution in [0.1, 0.15) is 22.5 Å². The van der Waals surface area contributed by atoms with Crippen LogP contribution in [0.15, 0.2) is 16.7 Å². The zero-order valence-electron chi connectivity index (χ0n) is 9.31. The van der Waals surface area contributed by atoms with Crippen LogP contribution in [0, 0.1) is 0 Å². The summed E-state index contributed by atoms with van der Waals surface area (Å²) < 4.78 is 5.17. The van der Waals surface area contributed by atoms with Gasteiger partial charge in [0.1, 0.15) is 12.0 Å². The van der Waals surface area contributed by atoms with Gasteiger partial charge in [-0.25, -0.2) is 4.79 Å². The molecule has 1 aliphatic heterocycles. The van der Waals surface area contributed by atoms with Crippen molar-refractivity contribution in [2.75, 3.05) is 19.6 Å². The molecule has 2 N–H and O–H groups in total. The lowest BCUT2D eigenvalue weighted by Gasteiger charge is -2.16. The quantitative estimate of drug-likeness (QED) is 0.791. The minimum absolute atomic E-state index is 0.0539. The van der Waals surface area contributed by atoms with Crippen molar-refractivity contribution in [3.05, 3.63) is 23.7 Å². The van der Waals surface area contributed by atoms with Crippen LogP contribution in [-0.4, -0.2) is 41.5 Å². The van der Waals surface area contributed by atoms with E-state index in [-0.39, 0.29) is 11.5 Å². The number of carboxylic acid groups (broad SMARTS) is 1. The number of carboxylic acids is 1.